The van der Waals surface area contributed by atoms with Gasteiger partial charge in [-0.2, -0.15) is 0 Å². The fourth-order valence-corrected chi connectivity index (χ4v) is 4.00. The zero-order valence-corrected chi connectivity index (χ0v) is 17.9. The van der Waals surface area contributed by atoms with Crippen LogP contribution in [0.5, 0.6) is 0 Å². The van der Waals surface area contributed by atoms with Crippen molar-refractivity contribution < 1.29 is 9.59 Å². The molecular formula is C24H31N3O2. The van der Waals surface area contributed by atoms with E-state index >= 15 is 0 Å². The highest BCUT2D eigenvalue weighted by atomic mass is 16.2. The lowest BCUT2D eigenvalue weighted by Crippen LogP contribution is -2.32. The molecule has 5 heteroatoms. The van der Waals surface area contributed by atoms with Gasteiger partial charge in [0.05, 0.1) is 5.92 Å². The lowest BCUT2D eigenvalue weighted by molar-refractivity contribution is -0.126. The van der Waals surface area contributed by atoms with Gasteiger partial charge in [-0.25, -0.2) is 0 Å². The number of nitrogens with zero attached hydrogens (tertiary/aromatic N) is 2. The van der Waals surface area contributed by atoms with E-state index in [1.807, 2.05) is 38.1 Å². The first-order valence-electron chi connectivity index (χ1n) is 10.4. The molecule has 2 aromatic rings. The van der Waals surface area contributed by atoms with Crippen LogP contribution in [0.2, 0.25) is 0 Å². The van der Waals surface area contributed by atoms with Crippen molar-refractivity contribution in [2.75, 3.05) is 29.4 Å². The molecule has 1 unspecified atom stereocenters. The lowest BCUT2D eigenvalue weighted by Gasteiger charge is -2.24. The third kappa shape index (κ3) is 4.78. The smallest absolute Gasteiger partial charge is 0.227 e. The minimum atomic E-state index is -0.311. The molecule has 0 bridgehead atoms. The number of nitrogens with one attached hydrogen (secondary N) is 1. The molecule has 1 aliphatic heterocycles. The van der Waals surface area contributed by atoms with Crippen molar-refractivity contribution in [2.45, 2.75) is 40.7 Å². The molecule has 0 aromatic heterocycles. The molecule has 3 rings (SSSR count). The Morgan fingerprint density at radius 2 is 1.90 bits per heavy atom. The van der Waals surface area contributed by atoms with E-state index in [0.717, 1.165) is 35.6 Å². The van der Waals surface area contributed by atoms with Crippen molar-refractivity contribution in [1.82, 2.24) is 5.32 Å². The third-order valence-corrected chi connectivity index (χ3v) is 5.64. The van der Waals surface area contributed by atoms with Crippen molar-refractivity contribution in [3.63, 3.8) is 0 Å². The van der Waals surface area contributed by atoms with E-state index in [1.165, 1.54) is 5.56 Å². The third-order valence-electron chi connectivity index (χ3n) is 5.64. The van der Waals surface area contributed by atoms with Gasteiger partial charge >= 0.3 is 0 Å². The number of benzene rings is 2. The van der Waals surface area contributed by atoms with Crippen LogP contribution in [0.1, 0.15) is 37.0 Å². The summed E-state index contributed by atoms with van der Waals surface area (Å²) in [6.07, 6.45) is 0.261. The predicted molar refractivity (Wildman–Crippen MR) is 118 cm³/mol. The summed E-state index contributed by atoms with van der Waals surface area (Å²) < 4.78 is 0. The summed E-state index contributed by atoms with van der Waals surface area (Å²) in [5, 5.41) is 2.99. The van der Waals surface area contributed by atoms with Gasteiger partial charge in [0.15, 0.2) is 0 Å². The number of rotatable bonds is 7. The molecule has 154 valence electrons. The second-order valence-electron chi connectivity index (χ2n) is 7.76. The van der Waals surface area contributed by atoms with Gasteiger partial charge in [0, 0.05) is 44.0 Å². The highest BCUT2D eigenvalue weighted by Gasteiger charge is 2.35. The second-order valence-corrected chi connectivity index (χ2v) is 7.76. The fourth-order valence-electron chi connectivity index (χ4n) is 4.00. The molecule has 0 saturated carbocycles. The van der Waals surface area contributed by atoms with Gasteiger partial charge in [-0.15, -0.1) is 0 Å². The second kappa shape index (κ2) is 9.12. The van der Waals surface area contributed by atoms with E-state index in [9.17, 15) is 9.59 Å². The average Bonchev–Trinajstić information content (AvgIpc) is 3.09. The van der Waals surface area contributed by atoms with Crippen LogP contribution in [0, 0.1) is 19.8 Å². The van der Waals surface area contributed by atoms with Gasteiger partial charge in [-0.1, -0.05) is 29.8 Å². The molecule has 1 fully saturated rings. The maximum atomic E-state index is 12.6. The highest BCUT2D eigenvalue weighted by molar-refractivity contribution is 6.01. The van der Waals surface area contributed by atoms with Crippen LogP contribution < -0.4 is 15.1 Å². The molecule has 5 nitrogen and oxygen atoms in total. The van der Waals surface area contributed by atoms with Crippen molar-refractivity contribution in [3.05, 3.63) is 59.2 Å². The number of carbonyl (C=O) groups is 2. The SMILES string of the molecule is CCN(CC)c1ccc(N2CC(C(=O)NCc3cccc(C)c3)CC2=O)c(C)c1. The molecular weight excluding hydrogens is 362 g/mol. The zero-order valence-electron chi connectivity index (χ0n) is 17.9. The molecule has 1 atom stereocenters. The molecule has 2 amide bonds. The monoisotopic (exact) mass is 393 g/mol. The first kappa shape index (κ1) is 20.9. The molecule has 29 heavy (non-hydrogen) atoms. The molecule has 2 aromatic carbocycles. The normalized spacial score (nSPS) is 16.2. The first-order valence-corrected chi connectivity index (χ1v) is 10.4. The summed E-state index contributed by atoms with van der Waals surface area (Å²) in [6.45, 7) is 11.1. The standard InChI is InChI=1S/C24H31N3O2/c1-5-26(6-2)21-10-11-22(18(4)13-21)27-16-20(14-23(27)28)24(29)25-15-19-9-7-8-17(3)12-19/h7-13,20H,5-6,14-16H2,1-4H3,(H,25,29). The Labute approximate surface area is 173 Å². The van der Waals surface area contributed by atoms with E-state index in [1.54, 1.807) is 4.90 Å². The van der Waals surface area contributed by atoms with E-state index in [4.69, 9.17) is 0 Å². The Hall–Kier alpha value is -2.82. The van der Waals surface area contributed by atoms with E-state index < -0.39 is 0 Å². The number of amides is 2. The van der Waals surface area contributed by atoms with E-state index in [-0.39, 0.29) is 24.2 Å². The number of hydrogen-bond donors (Lipinski definition) is 1. The summed E-state index contributed by atoms with van der Waals surface area (Å²) in [7, 11) is 0. The highest BCUT2D eigenvalue weighted by Crippen LogP contribution is 2.30. The molecule has 1 aliphatic rings. The zero-order chi connectivity index (χ0) is 21.0. The van der Waals surface area contributed by atoms with Crippen LogP contribution >= 0.6 is 0 Å². The summed E-state index contributed by atoms with van der Waals surface area (Å²) in [4.78, 5) is 29.3. The molecule has 1 heterocycles. The Balaban J connectivity index is 1.66. The van der Waals surface area contributed by atoms with Crippen LogP contribution in [0.3, 0.4) is 0 Å². The number of anilines is 2. The minimum absolute atomic E-state index is 0.0133. The number of carbonyl (C=O) groups excluding carboxylic acids is 2. The Morgan fingerprint density at radius 1 is 1.14 bits per heavy atom. The van der Waals surface area contributed by atoms with Gasteiger partial charge in [0.25, 0.3) is 0 Å². The van der Waals surface area contributed by atoms with Gasteiger partial charge in [0.2, 0.25) is 11.8 Å². The summed E-state index contributed by atoms with van der Waals surface area (Å²) in [5.74, 6) is -0.353. The minimum Gasteiger partial charge on any atom is -0.372 e. The Kier molecular flexibility index (Phi) is 6.57. The van der Waals surface area contributed by atoms with Crippen LogP contribution in [0.25, 0.3) is 0 Å². The van der Waals surface area contributed by atoms with Crippen molar-refractivity contribution in [1.29, 1.82) is 0 Å². The average molecular weight is 394 g/mol. The Bertz CT molecular complexity index is 889. The maximum absolute atomic E-state index is 12.6. The summed E-state index contributed by atoms with van der Waals surface area (Å²) >= 11 is 0. The first-order chi connectivity index (χ1) is 13.9. The van der Waals surface area contributed by atoms with Crippen LogP contribution in [-0.4, -0.2) is 31.4 Å². The molecule has 1 N–H and O–H groups in total. The predicted octanol–water partition coefficient (Wildman–Crippen LogP) is 3.82. The van der Waals surface area contributed by atoms with Crippen molar-refractivity contribution in [2.24, 2.45) is 5.92 Å². The molecule has 0 aliphatic carbocycles. The number of aryl methyl sites for hydroxylation is 2. The topological polar surface area (TPSA) is 52.6 Å². The fraction of sp³-hybridized carbons (Fsp3) is 0.417. The van der Waals surface area contributed by atoms with Crippen LogP contribution in [0.15, 0.2) is 42.5 Å². The number of hydrogen-bond acceptors (Lipinski definition) is 3. The van der Waals surface area contributed by atoms with Gasteiger partial charge in [-0.05, 0) is 57.0 Å². The van der Waals surface area contributed by atoms with Gasteiger partial charge in [-0.3, -0.25) is 9.59 Å². The quantitative estimate of drug-likeness (QED) is 0.778. The van der Waals surface area contributed by atoms with Crippen molar-refractivity contribution >= 4 is 23.2 Å². The summed E-state index contributed by atoms with van der Waals surface area (Å²) in [6, 6.07) is 14.3. The molecule has 0 spiro atoms. The maximum Gasteiger partial charge on any atom is 0.227 e. The lowest BCUT2D eigenvalue weighted by atomic mass is 10.1. The van der Waals surface area contributed by atoms with Crippen LogP contribution in [0.4, 0.5) is 11.4 Å². The molecule has 0 radical (unpaired) electrons. The molecule has 1 saturated heterocycles. The summed E-state index contributed by atoms with van der Waals surface area (Å²) in [5.41, 5.74) is 5.36. The van der Waals surface area contributed by atoms with E-state index in [2.05, 4.69) is 42.3 Å². The largest absolute Gasteiger partial charge is 0.372 e. The van der Waals surface area contributed by atoms with Crippen molar-refractivity contribution in [3.8, 4) is 0 Å². The van der Waals surface area contributed by atoms with Crippen LogP contribution in [-0.2, 0) is 16.1 Å². The van der Waals surface area contributed by atoms with Gasteiger partial charge in [0.1, 0.15) is 0 Å². The Morgan fingerprint density at radius 3 is 2.55 bits per heavy atom. The van der Waals surface area contributed by atoms with E-state index in [0.29, 0.717) is 13.1 Å². The van der Waals surface area contributed by atoms with Gasteiger partial charge < -0.3 is 15.1 Å².